The number of para-hydroxylation sites is 1. The number of carbonyl (C=O) groups is 2. The molecular weight excluding hydrogens is 328 g/mol. The molecule has 4 fully saturated rings. The molecule has 1 aromatic carbocycles. The number of fused-ring (bicyclic) bond motifs is 4. The van der Waals surface area contributed by atoms with Crippen LogP contribution in [-0.4, -0.2) is 53.9 Å². The van der Waals surface area contributed by atoms with E-state index >= 15 is 0 Å². The van der Waals surface area contributed by atoms with Gasteiger partial charge in [-0.25, -0.2) is 0 Å². The second-order valence-electron chi connectivity index (χ2n) is 7.93. The zero-order valence-corrected chi connectivity index (χ0v) is 15.3. The first kappa shape index (κ1) is 17.4. The molecule has 4 aliphatic rings. The lowest BCUT2D eigenvalue weighted by atomic mass is 9.84. The number of piperidine rings is 1. The average molecular weight is 356 g/mol. The van der Waals surface area contributed by atoms with Gasteiger partial charge in [0.05, 0.1) is 13.0 Å². The second-order valence-corrected chi connectivity index (χ2v) is 7.93. The molecule has 0 unspecified atom stereocenters. The van der Waals surface area contributed by atoms with Crippen molar-refractivity contribution in [2.24, 2.45) is 11.8 Å². The van der Waals surface area contributed by atoms with Gasteiger partial charge in [-0.15, -0.1) is 0 Å². The van der Waals surface area contributed by atoms with E-state index in [9.17, 15) is 9.59 Å². The van der Waals surface area contributed by atoms with Crippen LogP contribution >= 0.6 is 0 Å². The van der Waals surface area contributed by atoms with E-state index in [4.69, 9.17) is 4.74 Å². The van der Waals surface area contributed by atoms with Gasteiger partial charge in [0, 0.05) is 31.6 Å². The molecule has 2 amide bonds. The summed E-state index contributed by atoms with van der Waals surface area (Å²) in [6, 6.07) is 9.80. The lowest BCUT2D eigenvalue weighted by Gasteiger charge is -2.36. The van der Waals surface area contributed by atoms with Crippen molar-refractivity contribution < 1.29 is 14.3 Å². The molecule has 0 aromatic heterocycles. The fourth-order valence-corrected chi connectivity index (χ4v) is 4.40. The van der Waals surface area contributed by atoms with Gasteiger partial charge in [-0.2, -0.15) is 0 Å². The molecule has 140 valence electrons. The zero-order chi connectivity index (χ0) is 17.9. The van der Waals surface area contributed by atoms with E-state index < -0.39 is 0 Å². The van der Waals surface area contributed by atoms with Crippen molar-refractivity contribution in [3.63, 3.8) is 0 Å². The highest BCUT2D eigenvalue weighted by atomic mass is 16.5. The lowest BCUT2D eigenvalue weighted by Crippen LogP contribution is -2.48. The molecule has 0 spiro atoms. The predicted molar refractivity (Wildman–Crippen MR) is 98.7 cm³/mol. The maximum Gasteiger partial charge on any atom is 0.226 e. The van der Waals surface area contributed by atoms with Gasteiger partial charge in [0.2, 0.25) is 11.8 Å². The summed E-state index contributed by atoms with van der Waals surface area (Å²) in [5.74, 6) is 1.96. The molecule has 5 nitrogen and oxygen atoms in total. The van der Waals surface area contributed by atoms with E-state index in [2.05, 4.69) is 4.90 Å². The van der Waals surface area contributed by atoms with E-state index in [1.54, 1.807) is 0 Å². The molecule has 1 aliphatic carbocycles. The Morgan fingerprint density at radius 3 is 2.54 bits per heavy atom. The quantitative estimate of drug-likeness (QED) is 0.815. The summed E-state index contributed by atoms with van der Waals surface area (Å²) in [6.07, 6.45) is 5.82. The molecule has 5 rings (SSSR count). The maximum absolute atomic E-state index is 12.8. The number of ether oxygens (including phenoxy) is 1. The molecular formula is C21H28N2O3. The van der Waals surface area contributed by atoms with Crippen LogP contribution in [0.15, 0.2) is 30.3 Å². The Morgan fingerprint density at radius 2 is 1.81 bits per heavy atom. The minimum Gasteiger partial charge on any atom is -0.493 e. The Kier molecular flexibility index (Phi) is 5.14. The number of rotatable bonds is 5. The summed E-state index contributed by atoms with van der Waals surface area (Å²) in [5.41, 5.74) is 0. The Morgan fingerprint density at radius 1 is 1.00 bits per heavy atom. The van der Waals surface area contributed by atoms with Gasteiger partial charge in [-0.05, 0) is 43.7 Å². The van der Waals surface area contributed by atoms with Gasteiger partial charge in [0.15, 0.2) is 0 Å². The van der Waals surface area contributed by atoms with Crippen molar-refractivity contribution in [2.45, 2.75) is 44.6 Å². The average Bonchev–Trinajstić information content (AvgIpc) is 2.93. The van der Waals surface area contributed by atoms with Gasteiger partial charge in [0.1, 0.15) is 5.75 Å². The molecule has 3 aliphatic heterocycles. The van der Waals surface area contributed by atoms with E-state index in [1.807, 2.05) is 35.2 Å². The molecule has 3 saturated heterocycles. The molecule has 5 heteroatoms. The predicted octanol–water partition coefficient (Wildman–Crippen LogP) is 2.71. The van der Waals surface area contributed by atoms with Gasteiger partial charge < -0.3 is 14.5 Å². The topological polar surface area (TPSA) is 49.9 Å². The van der Waals surface area contributed by atoms with Crippen LogP contribution in [-0.2, 0) is 9.59 Å². The first-order valence-corrected chi connectivity index (χ1v) is 9.97. The van der Waals surface area contributed by atoms with Crippen molar-refractivity contribution in [3.05, 3.63) is 30.3 Å². The van der Waals surface area contributed by atoms with Crippen LogP contribution in [0.4, 0.5) is 0 Å². The number of amides is 2. The van der Waals surface area contributed by atoms with Crippen LogP contribution in [0.3, 0.4) is 0 Å². The highest BCUT2D eigenvalue weighted by Gasteiger charge is 2.40. The highest BCUT2D eigenvalue weighted by Crippen LogP contribution is 2.33. The third kappa shape index (κ3) is 3.71. The van der Waals surface area contributed by atoms with Crippen LogP contribution in [0.5, 0.6) is 5.75 Å². The first-order chi connectivity index (χ1) is 12.7. The summed E-state index contributed by atoms with van der Waals surface area (Å²) in [7, 11) is 0. The molecule has 2 bridgehead atoms. The van der Waals surface area contributed by atoms with Gasteiger partial charge in [0.25, 0.3) is 0 Å². The monoisotopic (exact) mass is 356 g/mol. The molecule has 1 saturated carbocycles. The summed E-state index contributed by atoms with van der Waals surface area (Å²) >= 11 is 0. The fraction of sp³-hybridized carbons (Fsp3) is 0.619. The van der Waals surface area contributed by atoms with Crippen molar-refractivity contribution in [1.29, 1.82) is 0 Å². The van der Waals surface area contributed by atoms with Crippen molar-refractivity contribution in [3.8, 4) is 5.75 Å². The van der Waals surface area contributed by atoms with Crippen molar-refractivity contribution in [1.82, 2.24) is 9.80 Å². The van der Waals surface area contributed by atoms with Crippen LogP contribution in [0.2, 0.25) is 0 Å². The smallest absolute Gasteiger partial charge is 0.226 e. The Hall–Kier alpha value is -2.04. The van der Waals surface area contributed by atoms with Crippen LogP contribution in [0.25, 0.3) is 0 Å². The highest BCUT2D eigenvalue weighted by molar-refractivity contribution is 5.80. The summed E-state index contributed by atoms with van der Waals surface area (Å²) in [5, 5.41) is 0. The number of benzene rings is 1. The number of hydrogen-bond acceptors (Lipinski definition) is 3. The van der Waals surface area contributed by atoms with Crippen LogP contribution in [0, 0.1) is 11.8 Å². The maximum atomic E-state index is 12.8. The largest absolute Gasteiger partial charge is 0.493 e. The SMILES string of the molecule is O=C(C1CCC1)N1C[C@@H]2CC[C@H](C1)N(C(=O)CCOc1ccccc1)C2. The van der Waals surface area contributed by atoms with Crippen LogP contribution < -0.4 is 4.74 Å². The Balaban J connectivity index is 1.32. The Labute approximate surface area is 155 Å². The lowest BCUT2D eigenvalue weighted by molar-refractivity contribution is -0.140. The third-order valence-electron chi connectivity index (χ3n) is 6.13. The van der Waals surface area contributed by atoms with Crippen molar-refractivity contribution >= 4 is 11.8 Å². The Bertz CT molecular complexity index is 644. The van der Waals surface area contributed by atoms with Gasteiger partial charge in [-0.1, -0.05) is 24.6 Å². The van der Waals surface area contributed by atoms with E-state index in [0.29, 0.717) is 24.9 Å². The van der Waals surface area contributed by atoms with Crippen LogP contribution in [0.1, 0.15) is 38.5 Å². The second kappa shape index (κ2) is 7.68. The minimum absolute atomic E-state index is 0.161. The number of nitrogens with zero attached hydrogens (tertiary/aromatic N) is 2. The van der Waals surface area contributed by atoms with E-state index in [1.165, 1.54) is 6.42 Å². The van der Waals surface area contributed by atoms with Crippen molar-refractivity contribution in [2.75, 3.05) is 26.2 Å². The number of carbonyl (C=O) groups excluding carboxylic acids is 2. The number of hydrogen-bond donors (Lipinski definition) is 0. The zero-order valence-electron chi connectivity index (χ0n) is 15.3. The normalized spacial score (nSPS) is 25.5. The van der Waals surface area contributed by atoms with E-state index in [-0.39, 0.29) is 17.9 Å². The standard InChI is InChI=1S/C21H28N2O3/c24-20(11-12-26-19-7-2-1-3-8-19)23-14-16-9-10-18(23)15-22(13-16)21(25)17-5-4-6-17/h1-3,7-8,16-18H,4-6,9-15H2/t16-,18+/m0/s1. The van der Waals surface area contributed by atoms with Gasteiger partial charge in [-0.3, -0.25) is 9.59 Å². The third-order valence-corrected chi connectivity index (χ3v) is 6.13. The molecule has 1 aromatic rings. The first-order valence-electron chi connectivity index (χ1n) is 9.97. The molecule has 0 radical (unpaired) electrons. The van der Waals surface area contributed by atoms with Gasteiger partial charge >= 0.3 is 0 Å². The summed E-state index contributed by atoms with van der Waals surface area (Å²) in [6.45, 7) is 2.75. The minimum atomic E-state index is 0.161. The molecule has 26 heavy (non-hydrogen) atoms. The molecule has 2 atom stereocenters. The summed E-state index contributed by atoms with van der Waals surface area (Å²) < 4.78 is 5.68. The van der Waals surface area contributed by atoms with E-state index in [0.717, 1.165) is 51.1 Å². The molecule has 3 heterocycles. The summed E-state index contributed by atoms with van der Waals surface area (Å²) in [4.78, 5) is 29.5. The molecule has 0 N–H and O–H groups in total. The fourth-order valence-electron chi connectivity index (χ4n) is 4.40.